The summed E-state index contributed by atoms with van der Waals surface area (Å²) in [5, 5.41) is 2.63. The van der Waals surface area contributed by atoms with E-state index in [2.05, 4.69) is 177 Å². The minimum atomic E-state index is 0.254. The summed E-state index contributed by atoms with van der Waals surface area (Å²) in [7, 11) is 0. The number of hydrogen-bond acceptors (Lipinski definition) is 3. The van der Waals surface area contributed by atoms with Crippen molar-refractivity contribution in [2.24, 2.45) is 17.8 Å². The van der Waals surface area contributed by atoms with Gasteiger partial charge in [0.15, 0.2) is 17.5 Å². The van der Waals surface area contributed by atoms with E-state index >= 15 is 0 Å². The van der Waals surface area contributed by atoms with E-state index in [1.807, 2.05) is 18.2 Å². The molecule has 0 saturated carbocycles. The molecule has 1 heterocycles. The molecule has 0 radical (unpaired) electrons. The first-order chi connectivity index (χ1) is 27.2. The first-order valence-corrected chi connectivity index (χ1v) is 19.2. The second-order valence-corrected chi connectivity index (χ2v) is 14.8. The Morgan fingerprint density at radius 1 is 0.473 bits per heavy atom. The van der Waals surface area contributed by atoms with E-state index in [0.29, 0.717) is 23.5 Å². The van der Waals surface area contributed by atoms with Crippen molar-refractivity contribution in [2.45, 2.75) is 13.3 Å². The van der Waals surface area contributed by atoms with E-state index in [4.69, 9.17) is 15.0 Å². The molecule has 262 valence electrons. The number of allylic oxidation sites excluding steroid dienone is 12. The van der Waals surface area contributed by atoms with E-state index in [-0.39, 0.29) is 5.92 Å². The fourth-order valence-corrected chi connectivity index (χ4v) is 8.60. The molecule has 5 aromatic carbocycles. The molecule has 1 aromatic heterocycles. The van der Waals surface area contributed by atoms with Crippen LogP contribution in [0.3, 0.4) is 0 Å². The molecule has 10 rings (SSSR count). The average molecular weight is 706 g/mol. The van der Waals surface area contributed by atoms with Crippen molar-refractivity contribution in [1.29, 1.82) is 0 Å². The molecular formula is C52H39N3. The number of rotatable bonds is 6. The van der Waals surface area contributed by atoms with Gasteiger partial charge in [0.25, 0.3) is 0 Å². The van der Waals surface area contributed by atoms with Crippen LogP contribution in [0.4, 0.5) is 0 Å². The first-order valence-electron chi connectivity index (χ1n) is 19.2. The number of aromatic nitrogens is 3. The third-order valence-corrected chi connectivity index (χ3v) is 11.3. The molecule has 6 aromatic rings. The van der Waals surface area contributed by atoms with Gasteiger partial charge in [-0.15, -0.1) is 0 Å². The Kier molecular flexibility index (Phi) is 8.33. The van der Waals surface area contributed by atoms with Crippen LogP contribution in [0.25, 0.3) is 67.3 Å². The third-order valence-electron chi connectivity index (χ3n) is 11.3. The van der Waals surface area contributed by atoms with Crippen molar-refractivity contribution in [3.05, 3.63) is 210 Å². The minimum absolute atomic E-state index is 0.254. The highest BCUT2D eigenvalue weighted by Crippen LogP contribution is 2.43. The SMILES string of the molecule is CC1C=CC=C(c2nc(-c3ccccc3)nc(-c3ccccc3-c3ccccc3C3=CC4=c5cc(-c6ccccc6)ccc5=C5C=CC=CC5C4C=C3)n2)C1. The van der Waals surface area contributed by atoms with Crippen molar-refractivity contribution < 1.29 is 0 Å². The molecule has 3 heteroatoms. The summed E-state index contributed by atoms with van der Waals surface area (Å²) in [5.74, 6) is 3.07. The lowest BCUT2D eigenvalue weighted by Crippen LogP contribution is -2.39. The Hall–Kier alpha value is -6.71. The molecule has 55 heavy (non-hydrogen) atoms. The maximum Gasteiger partial charge on any atom is 0.164 e. The number of hydrogen-bond donors (Lipinski definition) is 0. The molecule has 0 N–H and O–H groups in total. The summed E-state index contributed by atoms with van der Waals surface area (Å²) < 4.78 is 0. The van der Waals surface area contributed by atoms with Crippen LogP contribution >= 0.6 is 0 Å². The van der Waals surface area contributed by atoms with Crippen molar-refractivity contribution in [2.75, 3.05) is 0 Å². The van der Waals surface area contributed by atoms with Crippen LogP contribution in [0.1, 0.15) is 24.7 Å². The Labute approximate surface area is 322 Å². The van der Waals surface area contributed by atoms with Crippen molar-refractivity contribution in [3.8, 4) is 45.0 Å². The second-order valence-electron chi connectivity index (χ2n) is 14.8. The van der Waals surface area contributed by atoms with E-state index in [0.717, 1.165) is 40.1 Å². The van der Waals surface area contributed by atoms with Gasteiger partial charge in [0.05, 0.1) is 0 Å². The van der Waals surface area contributed by atoms with Crippen LogP contribution in [0, 0.1) is 17.8 Å². The van der Waals surface area contributed by atoms with Crippen LogP contribution in [0.5, 0.6) is 0 Å². The maximum absolute atomic E-state index is 5.19. The van der Waals surface area contributed by atoms with E-state index in [9.17, 15) is 0 Å². The smallest absolute Gasteiger partial charge is 0.164 e. The number of nitrogens with zero attached hydrogens (tertiary/aromatic N) is 3. The topological polar surface area (TPSA) is 38.7 Å². The summed E-state index contributed by atoms with van der Waals surface area (Å²) in [5.41, 5.74) is 12.9. The number of benzene rings is 5. The fourth-order valence-electron chi connectivity index (χ4n) is 8.60. The summed E-state index contributed by atoms with van der Waals surface area (Å²) in [6.07, 6.45) is 23.7. The highest BCUT2D eigenvalue weighted by Gasteiger charge is 2.31. The van der Waals surface area contributed by atoms with Gasteiger partial charge in [0, 0.05) is 23.0 Å². The first kappa shape index (κ1) is 32.9. The van der Waals surface area contributed by atoms with E-state index in [1.165, 1.54) is 43.8 Å². The van der Waals surface area contributed by atoms with Crippen molar-refractivity contribution >= 4 is 22.3 Å². The summed E-state index contributed by atoms with van der Waals surface area (Å²) >= 11 is 0. The zero-order valence-corrected chi connectivity index (χ0v) is 30.7. The highest BCUT2D eigenvalue weighted by molar-refractivity contribution is 5.96. The van der Waals surface area contributed by atoms with Crippen molar-refractivity contribution in [1.82, 2.24) is 15.0 Å². The zero-order valence-electron chi connectivity index (χ0n) is 30.7. The lowest BCUT2D eigenvalue weighted by atomic mass is 9.71. The highest BCUT2D eigenvalue weighted by atomic mass is 15.0. The predicted molar refractivity (Wildman–Crippen MR) is 227 cm³/mol. The minimum Gasteiger partial charge on any atom is -0.209 e. The molecule has 0 fully saturated rings. The molecule has 0 bridgehead atoms. The Balaban J connectivity index is 1.14. The van der Waals surface area contributed by atoms with E-state index < -0.39 is 0 Å². The van der Waals surface area contributed by atoms with E-state index in [1.54, 1.807) is 0 Å². The van der Waals surface area contributed by atoms with Gasteiger partial charge in [-0.2, -0.15) is 0 Å². The maximum atomic E-state index is 5.19. The fraction of sp³-hybridized carbons (Fsp3) is 0.0962. The molecule has 4 aliphatic rings. The predicted octanol–water partition coefficient (Wildman–Crippen LogP) is 10.8. The molecule has 3 atom stereocenters. The summed E-state index contributed by atoms with van der Waals surface area (Å²) in [4.78, 5) is 15.4. The largest absolute Gasteiger partial charge is 0.209 e. The van der Waals surface area contributed by atoms with Crippen LogP contribution in [-0.4, -0.2) is 15.0 Å². The normalized spacial score (nSPS) is 19.3. The van der Waals surface area contributed by atoms with Gasteiger partial charge in [-0.1, -0.05) is 183 Å². The average Bonchev–Trinajstić information content (AvgIpc) is 3.26. The summed E-state index contributed by atoms with van der Waals surface area (Å²) in [6.45, 7) is 2.24. The van der Waals surface area contributed by atoms with Gasteiger partial charge in [-0.05, 0) is 85.0 Å². The van der Waals surface area contributed by atoms with Gasteiger partial charge in [-0.3, -0.25) is 0 Å². The standard InChI is InChI=1S/C52H39N3/c1-34-15-14-20-39(31-34)51-53-50(36-18-6-3-7-19-36)54-52(55-51)47-26-13-12-25-44(47)41-22-9-8-21-40(41)38-28-30-46-43-24-11-10-23-42(43)45-29-27-37(32-48(45)49(46)33-38)35-16-4-2-5-17-35/h2-30,32-34,43,46H,31H2,1H3. The Morgan fingerprint density at radius 2 is 1.13 bits per heavy atom. The lowest BCUT2D eigenvalue weighted by molar-refractivity contribution is 0.695. The molecule has 0 saturated heterocycles. The van der Waals surface area contributed by atoms with Crippen LogP contribution in [0.15, 0.2) is 188 Å². The number of fused-ring (bicyclic) bond motifs is 4. The van der Waals surface area contributed by atoms with Gasteiger partial charge >= 0.3 is 0 Å². The monoisotopic (exact) mass is 705 g/mol. The van der Waals surface area contributed by atoms with Crippen LogP contribution in [-0.2, 0) is 0 Å². The van der Waals surface area contributed by atoms with Gasteiger partial charge in [0.1, 0.15) is 0 Å². The van der Waals surface area contributed by atoms with Crippen LogP contribution in [0.2, 0.25) is 0 Å². The molecule has 0 aliphatic heterocycles. The lowest BCUT2D eigenvalue weighted by Gasteiger charge is -2.33. The van der Waals surface area contributed by atoms with Gasteiger partial charge in [-0.25, -0.2) is 15.0 Å². The van der Waals surface area contributed by atoms with Crippen LogP contribution < -0.4 is 10.4 Å². The molecule has 3 unspecified atom stereocenters. The third kappa shape index (κ3) is 6.08. The molecule has 3 nitrogen and oxygen atoms in total. The molecule has 0 spiro atoms. The molecule has 0 amide bonds. The Bertz CT molecular complexity index is 2800. The second kappa shape index (κ2) is 13.9. The Morgan fingerprint density at radius 3 is 1.91 bits per heavy atom. The van der Waals surface area contributed by atoms with Gasteiger partial charge in [0.2, 0.25) is 0 Å². The van der Waals surface area contributed by atoms with Gasteiger partial charge < -0.3 is 0 Å². The molecular weight excluding hydrogens is 667 g/mol. The van der Waals surface area contributed by atoms with Crippen molar-refractivity contribution in [3.63, 3.8) is 0 Å². The zero-order chi connectivity index (χ0) is 36.7. The summed E-state index contributed by atoms with van der Waals surface area (Å²) in [6, 6.07) is 45.3. The quantitative estimate of drug-likeness (QED) is 0.173. The molecule has 4 aliphatic carbocycles.